The van der Waals surface area contributed by atoms with Crippen molar-refractivity contribution in [3.05, 3.63) is 108 Å². The summed E-state index contributed by atoms with van der Waals surface area (Å²) in [4.78, 5) is 38.5. The van der Waals surface area contributed by atoms with E-state index in [0.29, 0.717) is 34.8 Å². The molecule has 2 aliphatic rings. The highest BCUT2D eigenvalue weighted by Crippen LogP contribution is 2.60. The molecule has 4 atom stereocenters. The Morgan fingerprint density at radius 2 is 1.38 bits per heavy atom. The molecule has 1 aliphatic carbocycles. The Kier molecular flexibility index (Phi) is 7.12. The molecule has 8 heteroatoms. The Hall–Kier alpha value is -5.11. The molecule has 4 aromatic rings. The van der Waals surface area contributed by atoms with Crippen molar-refractivity contribution < 1.29 is 33.7 Å². The first-order valence-electron chi connectivity index (χ1n) is 13.6. The van der Waals surface area contributed by atoms with E-state index >= 15 is 0 Å². The van der Waals surface area contributed by atoms with Gasteiger partial charge < -0.3 is 24.6 Å². The maximum Gasteiger partial charge on any atom is 0.315 e. The molecule has 0 radical (unpaired) electrons. The molecule has 212 valence electrons. The summed E-state index contributed by atoms with van der Waals surface area (Å²) in [6.07, 6.45) is 0.354. The van der Waals surface area contributed by atoms with Crippen LogP contribution in [0.15, 0.2) is 91.0 Å². The molecule has 1 fully saturated rings. The maximum atomic E-state index is 14.0. The van der Waals surface area contributed by atoms with Gasteiger partial charge in [-0.05, 0) is 58.1 Å². The van der Waals surface area contributed by atoms with E-state index in [4.69, 9.17) is 14.2 Å². The van der Waals surface area contributed by atoms with E-state index in [1.807, 2.05) is 24.3 Å². The fourth-order valence-electron chi connectivity index (χ4n) is 6.32. The molecule has 0 aromatic heterocycles. The van der Waals surface area contributed by atoms with Crippen LogP contribution in [0.4, 0.5) is 5.69 Å². The highest BCUT2D eigenvalue weighted by atomic mass is 16.5. The second kappa shape index (κ2) is 11.0. The third kappa shape index (κ3) is 4.75. The Morgan fingerprint density at radius 1 is 0.762 bits per heavy atom. The molecule has 0 spiro atoms. The molecule has 0 saturated heterocycles. The summed E-state index contributed by atoms with van der Waals surface area (Å²) >= 11 is 0. The molecule has 1 amide bonds. The molecular weight excluding hydrogens is 534 g/mol. The Morgan fingerprint density at radius 3 is 2.00 bits per heavy atom. The van der Waals surface area contributed by atoms with Gasteiger partial charge in [-0.3, -0.25) is 14.4 Å². The van der Waals surface area contributed by atoms with Crippen LogP contribution in [-0.2, 0) is 20.8 Å². The van der Waals surface area contributed by atoms with Gasteiger partial charge >= 0.3 is 11.9 Å². The zero-order valence-electron chi connectivity index (χ0n) is 23.1. The molecule has 1 heterocycles. The highest BCUT2D eigenvalue weighted by Gasteiger charge is 2.60. The molecule has 42 heavy (non-hydrogen) atoms. The zero-order chi connectivity index (χ0) is 29.4. The van der Waals surface area contributed by atoms with Crippen LogP contribution in [-0.4, -0.2) is 37.2 Å². The highest BCUT2D eigenvalue weighted by molar-refractivity contribution is 6.00. The first-order chi connectivity index (χ1) is 20.4. The number of hydrogen-bond donors (Lipinski definition) is 2. The normalized spacial score (nSPS) is 20.6. The molecular formula is C34H29NO7. The number of ether oxygens (including phenoxy) is 3. The van der Waals surface area contributed by atoms with Gasteiger partial charge in [-0.15, -0.1) is 0 Å². The van der Waals surface area contributed by atoms with Gasteiger partial charge in [0, 0.05) is 17.5 Å². The number of nitrogens with one attached hydrogen (secondary N) is 1. The standard InChI is InChI=1S/C34H29NO7/c1-40-26-12-5-3-10-23(26)29-31(33(37)38)30(24-11-4-6-13-27(24)41-2)32(29)34(39)42-22-9-7-8-19(16-22)20-14-15-21-18-28(36)35-25(21)17-20/h3-17,29-32H,18H2,1-2H3,(H,35,36)(H,37,38)/t29-,30?,31+,32+/m1/s1. The van der Waals surface area contributed by atoms with E-state index in [1.54, 1.807) is 66.7 Å². The Balaban J connectivity index is 1.36. The van der Waals surface area contributed by atoms with Crippen LogP contribution in [0.3, 0.4) is 0 Å². The van der Waals surface area contributed by atoms with Gasteiger partial charge in [-0.1, -0.05) is 60.7 Å². The number of anilines is 1. The minimum atomic E-state index is -1.02. The van der Waals surface area contributed by atoms with Crippen LogP contribution in [0.5, 0.6) is 17.2 Å². The third-order valence-electron chi connectivity index (χ3n) is 8.22. The summed E-state index contributed by atoms with van der Waals surface area (Å²) in [6, 6.07) is 27.2. The van der Waals surface area contributed by atoms with Crippen molar-refractivity contribution in [2.24, 2.45) is 11.8 Å². The number of carboxylic acids is 1. The number of carbonyl (C=O) groups is 3. The van der Waals surface area contributed by atoms with E-state index < -0.39 is 35.6 Å². The minimum absolute atomic E-state index is 0.0424. The molecule has 2 N–H and O–H groups in total. The average Bonchev–Trinajstić information content (AvgIpc) is 3.36. The van der Waals surface area contributed by atoms with Crippen LogP contribution in [0.25, 0.3) is 11.1 Å². The van der Waals surface area contributed by atoms with E-state index in [1.165, 1.54) is 14.2 Å². The van der Waals surface area contributed by atoms with Gasteiger partial charge in [0.05, 0.1) is 32.5 Å². The lowest BCUT2D eigenvalue weighted by Gasteiger charge is -2.49. The van der Waals surface area contributed by atoms with Gasteiger partial charge in [0.1, 0.15) is 17.2 Å². The minimum Gasteiger partial charge on any atom is -0.496 e. The van der Waals surface area contributed by atoms with Gasteiger partial charge in [-0.25, -0.2) is 0 Å². The smallest absolute Gasteiger partial charge is 0.315 e. The third-order valence-corrected chi connectivity index (χ3v) is 8.22. The first kappa shape index (κ1) is 27.1. The van der Waals surface area contributed by atoms with E-state index in [9.17, 15) is 19.5 Å². The summed E-state index contributed by atoms with van der Waals surface area (Å²) in [5.41, 5.74) is 4.65. The van der Waals surface area contributed by atoms with Crippen molar-refractivity contribution >= 4 is 23.5 Å². The molecule has 1 saturated carbocycles. The number of carbonyl (C=O) groups excluding carboxylic acids is 2. The van der Waals surface area contributed by atoms with E-state index in [2.05, 4.69) is 5.32 Å². The van der Waals surface area contributed by atoms with Crippen molar-refractivity contribution in [1.82, 2.24) is 0 Å². The summed E-state index contributed by atoms with van der Waals surface area (Å²) in [6.45, 7) is 0. The van der Waals surface area contributed by atoms with Crippen LogP contribution < -0.4 is 19.5 Å². The predicted octanol–water partition coefficient (Wildman–Crippen LogP) is 5.67. The van der Waals surface area contributed by atoms with Crippen molar-refractivity contribution in [1.29, 1.82) is 0 Å². The largest absolute Gasteiger partial charge is 0.496 e. The van der Waals surface area contributed by atoms with Crippen molar-refractivity contribution in [2.75, 3.05) is 19.5 Å². The number of benzene rings is 4. The fourth-order valence-corrected chi connectivity index (χ4v) is 6.32. The van der Waals surface area contributed by atoms with Gasteiger partial charge in [0.15, 0.2) is 0 Å². The molecule has 8 nitrogen and oxygen atoms in total. The maximum absolute atomic E-state index is 14.0. The van der Waals surface area contributed by atoms with Gasteiger partial charge in [0.2, 0.25) is 5.91 Å². The number of aliphatic carboxylic acids is 1. The number of carboxylic acid groups (broad SMARTS) is 1. The number of esters is 1. The van der Waals surface area contributed by atoms with Gasteiger partial charge in [-0.2, -0.15) is 0 Å². The van der Waals surface area contributed by atoms with E-state index in [0.717, 1.165) is 22.4 Å². The number of methoxy groups -OCH3 is 2. The van der Waals surface area contributed by atoms with Gasteiger partial charge in [0.25, 0.3) is 0 Å². The number of fused-ring (bicyclic) bond motifs is 1. The number of rotatable bonds is 8. The Labute approximate surface area is 242 Å². The van der Waals surface area contributed by atoms with Crippen molar-refractivity contribution in [3.63, 3.8) is 0 Å². The molecule has 4 aromatic carbocycles. The summed E-state index contributed by atoms with van der Waals surface area (Å²) < 4.78 is 17.1. The quantitative estimate of drug-likeness (QED) is 0.210. The number of hydrogen-bond acceptors (Lipinski definition) is 6. The second-order valence-electron chi connectivity index (χ2n) is 10.5. The molecule has 0 bridgehead atoms. The zero-order valence-corrected chi connectivity index (χ0v) is 23.1. The summed E-state index contributed by atoms with van der Waals surface area (Å²) in [7, 11) is 3.04. The lowest BCUT2D eigenvalue weighted by molar-refractivity contribution is -0.158. The van der Waals surface area contributed by atoms with E-state index in [-0.39, 0.29) is 5.91 Å². The lowest BCUT2D eigenvalue weighted by atomic mass is 9.52. The topological polar surface area (TPSA) is 111 Å². The van der Waals surface area contributed by atoms with Crippen LogP contribution in [0.2, 0.25) is 0 Å². The second-order valence-corrected chi connectivity index (χ2v) is 10.5. The Bertz CT molecular complexity index is 1640. The first-order valence-corrected chi connectivity index (χ1v) is 13.6. The molecule has 6 rings (SSSR count). The predicted molar refractivity (Wildman–Crippen MR) is 156 cm³/mol. The lowest BCUT2D eigenvalue weighted by Crippen LogP contribution is -2.52. The van der Waals surface area contributed by atoms with Crippen LogP contribution >= 0.6 is 0 Å². The number of amides is 1. The molecule has 1 unspecified atom stereocenters. The number of para-hydroxylation sites is 2. The van der Waals surface area contributed by atoms with Crippen molar-refractivity contribution in [2.45, 2.75) is 18.3 Å². The SMILES string of the molecule is COc1ccccc1C1[C@@H](C(=O)O)[C@@H](c2ccccc2OC)[C@@H]1C(=O)Oc1cccc(-c2ccc3c(c2)NC(=O)C3)c1. The fraction of sp³-hybridized carbons (Fsp3) is 0.206. The average molecular weight is 564 g/mol. The summed E-state index contributed by atoms with van der Waals surface area (Å²) in [5.74, 6) is -3.37. The van der Waals surface area contributed by atoms with Crippen LogP contribution in [0, 0.1) is 11.8 Å². The monoisotopic (exact) mass is 563 g/mol. The van der Waals surface area contributed by atoms with Crippen LogP contribution in [0.1, 0.15) is 28.5 Å². The molecule has 1 aliphatic heterocycles. The summed E-state index contributed by atoms with van der Waals surface area (Å²) in [5, 5.41) is 13.3. The van der Waals surface area contributed by atoms with Crippen molar-refractivity contribution in [3.8, 4) is 28.4 Å².